The molecule has 17 heteroatoms. The van der Waals surface area contributed by atoms with E-state index in [1.165, 1.54) is 30.6 Å². The Kier molecular flexibility index (Phi) is 13.8. The number of fused-ring (bicyclic) bond motifs is 2. The number of carbonyl (C=O) groups excluding carboxylic acids is 1. The van der Waals surface area contributed by atoms with Crippen molar-refractivity contribution in [2.45, 2.75) is 51.2 Å². The van der Waals surface area contributed by atoms with Crippen LogP contribution in [0.1, 0.15) is 58.6 Å². The number of pyridine rings is 1. The third kappa shape index (κ3) is 11.7. The third-order valence-electron chi connectivity index (χ3n) is 11.1. The number of ether oxygens (including phenoxy) is 2. The van der Waals surface area contributed by atoms with Crippen molar-refractivity contribution in [2.75, 3.05) is 23.3 Å². The standard InChI is InChI=1S/C29H28ClF3N4O2.C21H14F3N3O/c1-2-25-27(37-18-22(30)7-12-26(37)35-25)28(38)34-17-19-3-8-23(9-4-19)36-15-13-21(14-16-36)20-5-10-24(11-6-20)39-29(31,32)33;22-21(23,24)14-5-9-16(10-6-14)28-17-11-7-15(8-12-17)27-20-18-3-1-2-4-19(18)25-13-26-20/h3-12,18,21H,2,13-17H2,1H3,(H,34,38);1-13H,(H,25,26,27). The van der Waals surface area contributed by atoms with Gasteiger partial charge in [0.25, 0.3) is 5.91 Å². The third-order valence-corrected chi connectivity index (χ3v) is 11.3. The predicted octanol–water partition coefficient (Wildman–Crippen LogP) is 12.9. The molecule has 0 spiro atoms. The number of alkyl halides is 6. The van der Waals surface area contributed by atoms with Crippen LogP contribution in [0.3, 0.4) is 0 Å². The molecular weight excluding hydrogens is 896 g/mol. The Morgan fingerprint density at radius 3 is 2.09 bits per heavy atom. The highest BCUT2D eigenvalue weighted by molar-refractivity contribution is 6.30. The zero-order valence-electron chi connectivity index (χ0n) is 35.8. The summed E-state index contributed by atoms with van der Waals surface area (Å²) in [5.41, 5.74) is 5.92. The van der Waals surface area contributed by atoms with Gasteiger partial charge in [-0.05, 0) is 133 Å². The molecule has 0 radical (unpaired) electrons. The van der Waals surface area contributed by atoms with Crippen LogP contribution in [0.2, 0.25) is 5.02 Å². The number of hydrogen-bond donors (Lipinski definition) is 2. The van der Waals surface area contributed by atoms with Gasteiger partial charge in [-0.2, -0.15) is 13.2 Å². The number of halogens is 7. The Morgan fingerprint density at radius 2 is 1.43 bits per heavy atom. The van der Waals surface area contributed by atoms with Crippen LogP contribution in [0.15, 0.2) is 146 Å². The quantitative estimate of drug-likeness (QED) is 0.124. The van der Waals surface area contributed by atoms with E-state index < -0.39 is 18.1 Å². The summed E-state index contributed by atoms with van der Waals surface area (Å²) >= 11 is 6.14. The molecule has 5 aromatic carbocycles. The maximum atomic E-state index is 13.0. The zero-order chi connectivity index (χ0) is 47.1. The molecule has 8 aromatic rings. The molecule has 0 saturated carbocycles. The first-order chi connectivity index (χ1) is 32.2. The summed E-state index contributed by atoms with van der Waals surface area (Å²) in [4.78, 5) is 28.4. The second-order valence-electron chi connectivity index (χ2n) is 15.6. The Morgan fingerprint density at radius 1 is 0.776 bits per heavy atom. The van der Waals surface area contributed by atoms with Crippen molar-refractivity contribution in [3.63, 3.8) is 0 Å². The van der Waals surface area contributed by atoms with Gasteiger partial charge in [0.2, 0.25) is 0 Å². The highest BCUT2D eigenvalue weighted by Gasteiger charge is 2.32. The molecule has 10 nitrogen and oxygen atoms in total. The summed E-state index contributed by atoms with van der Waals surface area (Å²) in [6.07, 6.45) is -3.42. The van der Waals surface area contributed by atoms with E-state index in [9.17, 15) is 31.1 Å². The van der Waals surface area contributed by atoms with E-state index in [0.717, 1.165) is 77.2 Å². The van der Waals surface area contributed by atoms with Gasteiger partial charge < -0.3 is 25.0 Å². The smallest absolute Gasteiger partial charge is 0.457 e. The zero-order valence-corrected chi connectivity index (χ0v) is 36.5. The van der Waals surface area contributed by atoms with Gasteiger partial charge in [-0.3, -0.25) is 9.20 Å². The van der Waals surface area contributed by atoms with Crippen molar-refractivity contribution in [1.82, 2.24) is 24.7 Å². The lowest BCUT2D eigenvalue weighted by Gasteiger charge is -2.34. The highest BCUT2D eigenvalue weighted by atomic mass is 35.5. The van der Waals surface area contributed by atoms with Gasteiger partial charge in [-0.25, -0.2) is 15.0 Å². The van der Waals surface area contributed by atoms with E-state index in [-0.39, 0.29) is 17.6 Å². The van der Waals surface area contributed by atoms with Crippen LogP contribution < -0.4 is 25.0 Å². The molecule has 1 amide bonds. The lowest BCUT2D eigenvalue weighted by Crippen LogP contribution is -2.32. The first-order valence-corrected chi connectivity index (χ1v) is 21.6. The summed E-state index contributed by atoms with van der Waals surface area (Å²) in [6.45, 7) is 4.04. The van der Waals surface area contributed by atoms with Gasteiger partial charge in [-0.15, -0.1) is 13.2 Å². The number of benzene rings is 5. The summed E-state index contributed by atoms with van der Waals surface area (Å²) in [5, 5.41) is 7.66. The molecule has 344 valence electrons. The minimum atomic E-state index is -4.68. The minimum absolute atomic E-state index is 0.200. The fraction of sp³-hybridized carbons (Fsp3) is 0.200. The molecular formula is C50H42ClF6N7O3. The summed E-state index contributed by atoms with van der Waals surface area (Å²) in [5.74, 6) is 1.41. The number of aromatic nitrogens is 4. The topological polar surface area (TPSA) is 106 Å². The van der Waals surface area contributed by atoms with E-state index in [4.69, 9.17) is 16.3 Å². The first-order valence-electron chi connectivity index (χ1n) is 21.3. The monoisotopic (exact) mass is 937 g/mol. The average molecular weight is 938 g/mol. The van der Waals surface area contributed by atoms with Crippen LogP contribution in [0.4, 0.5) is 43.5 Å². The number of aryl methyl sites for hydroxylation is 1. The molecule has 1 fully saturated rings. The molecule has 1 aliphatic rings. The van der Waals surface area contributed by atoms with Gasteiger partial charge in [0.1, 0.15) is 40.7 Å². The SMILES string of the molecule is CCc1nc2ccc(Cl)cn2c1C(=O)NCc1ccc(N2CCC(c3ccc(OC(F)(F)F)cc3)CC2)cc1.FC(F)(F)c1ccc(Oc2ccc(Nc3ncnc4ccccc34)cc2)cc1. The molecule has 1 saturated heterocycles. The first kappa shape index (κ1) is 46.2. The van der Waals surface area contributed by atoms with Gasteiger partial charge >= 0.3 is 12.5 Å². The van der Waals surface area contributed by atoms with E-state index in [1.807, 2.05) is 43.3 Å². The molecule has 4 heterocycles. The number of para-hydroxylation sites is 1. The molecule has 0 bridgehead atoms. The molecule has 1 aliphatic heterocycles. The second kappa shape index (κ2) is 20.0. The maximum Gasteiger partial charge on any atom is 0.573 e. The van der Waals surface area contributed by atoms with Gasteiger partial charge in [-0.1, -0.05) is 54.9 Å². The molecule has 67 heavy (non-hydrogen) atoms. The van der Waals surface area contributed by atoms with Crippen LogP contribution in [0.5, 0.6) is 17.2 Å². The lowest BCUT2D eigenvalue weighted by molar-refractivity contribution is -0.274. The molecule has 9 rings (SSSR count). The van der Waals surface area contributed by atoms with Gasteiger partial charge in [0.15, 0.2) is 0 Å². The maximum absolute atomic E-state index is 13.0. The van der Waals surface area contributed by atoms with Crippen molar-refractivity contribution in [2.24, 2.45) is 0 Å². The van der Waals surface area contributed by atoms with Crippen LogP contribution in [0.25, 0.3) is 16.6 Å². The fourth-order valence-electron chi connectivity index (χ4n) is 7.75. The summed E-state index contributed by atoms with van der Waals surface area (Å²) < 4.78 is 86.3. The number of nitrogens with zero attached hydrogens (tertiary/aromatic N) is 5. The van der Waals surface area contributed by atoms with Crippen molar-refractivity contribution in [1.29, 1.82) is 0 Å². The van der Waals surface area contributed by atoms with E-state index in [0.29, 0.717) is 46.6 Å². The van der Waals surface area contributed by atoms with E-state index in [2.05, 4.69) is 47.4 Å². The normalized spacial score (nSPS) is 13.2. The number of anilines is 3. The van der Waals surface area contributed by atoms with Crippen LogP contribution in [-0.4, -0.2) is 44.7 Å². The Bertz CT molecular complexity index is 2930. The Labute approximate surface area is 386 Å². The molecule has 3 aromatic heterocycles. The van der Waals surface area contributed by atoms with Gasteiger partial charge in [0, 0.05) is 42.6 Å². The van der Waals surface area contributed by atoms with E-state index in [1.54, 1.807) is 59.1 Å². The number of imidazole rings is 1. The number of nitrogens with one attached hydrogen (secondary N) is 2. The largest absolute Gasteiger partial charge is 0.573 e. The van der Waals surface area contributed by atoms with Crippen molar-refractivity contribution in [3.05, 3.63) is 179 Å². The molecule has 0 aliphatic carbocycles. The van der Waals surface area contributed by atoms with Crippen LogP contribution in [0, 0.1) is 0 Å². The lowest BCUT2D eigenvalue weighted by atomic mass is 9.89. The van der Waals surface area contributed by atoms with Crippen molar-refractivity contribution >= 4 is 51.3 Å². The minimum Gasteiger partial charge on any atom is -0.457 e. The highest BCUT2D eigenvalue weighted by Crippen LogP contribution is 2.34. The number of piperidine rings is 1. The fourth-order valence-corrected chi connectivity index (χ4v) is 7.91. The van der Waals surface area contributed by atoms with Crippen LogP contribution >= 0.6 is 11.6 Å². The van der Waals surface area contributed by atoms with E-state index >= 15 is 0 Å². The number of amides is 1. The predicted molar refractivity (Wildman–Crippen MR) is 245 cm³/mol. The van der Waals surface area contributed by atoms with Crippen molar-refractivity contribution < 1.29 is 40.6 Å². The summed E-state index contributed by atoms with van der Waals surface area (Å²) in [6, 6.07) is 37.1. The number of rotatable bonds is 11. The molecule has 0 unspecified atom stereocenters. The van der Waals surface area contributed by atoms with Crippen molar-refractivity contribution in [3.8, 4) is 17.2 Å². The van der Waals surface area contributed by atoms with Crippen LogP contribution in [-0.2, 0) is 19.1 Å². The summed E-state index contributed by atoms with van der Waals surface area (Å²) in [7, 11) is 0. The Balaban J connectivity index is 0.000000192. The second-order valence-corrected chi connectivity index (χ2v) is 16.0. The number of hydrogen-bond acceptors (Lipinski definition) is 8. The average Bonchev–Trinajstić information content (AvgIpc) is 3.69. The van der Waals surface area contributed by atoms with Gasteiger partial charge in [0.05, 0.1) is 21.8 Å². The number of carbonyl (C=O) groups is 1. The molecule has 2 N–H and O–H groups in total. The molecule has 0 atom stereocenters. The Hall–Kier alpha value is -7.33.